The number of carbonyl (C=O) groups excluding carboxylic acids is 2. The highest BCUT2D eigenvalue weighted by molar-refractivity contribution is 9.10. The number of halogens is 1. The summed E-state index contributed by atoms with van der Waals surface area (Å²) in [6, 6.07) is 28.6. The largest absolute Gasteiger partial charge is 0.486 e. The molecule has 0 spiro atoms. The van der Waals surface area contributed by atoms with E-state index in [1.807, 2.05) is 54.6 Å². The van der Waals surface area contributed by atoms with Crippen LogP contribution in [0.3, 0.4) is 0 Å². The maximum atomic E-state index is 14.4. The van der Waals surface area contributed by atoms with E-state index >= 15 is 0 Å². The van der Waals surface area contributed by atoms with E-state index in [0.29, 0.717) is 24.7 Å². The summed E-state index contributed by atoms with van der Waals surface area (Å²) in [6.45, 7) is 0.203. The topological polar surface area (TPSA) is 105 Å². The van der Waals surface area contributed by atoms with Gasteiger partial charge in [0.15, 0.2) is 11.5 Å². The maximum Gasteiger partial charge on any atom is 0.264 e. The number of rotatable bonds is 11. The average molecular weight is 679 g/mol. The second-order valence-corrected chi connectivity index (χ2v) is 12.9. The van der Waals surface area contributed by atoms with Crippen LogP contribution in [-0.4, -0.2) is 58.0 Å². The van der Waals surface area contributed by atoms with E-state index in [1.54, 1.807) is 36.4 Å². The summed E-state index contributed by atoms with van der Waals surface area (Å²) < 4.78 is 41.4. The predicted octanol–water partition coefficient (Wildman–Crippen LogP) is 4.80. The lowest BCUT2D eigenvalue weighted by molar-refractivity contribution is -0.139. The second-order valence-electron chi connectivity index (χ2n) is 10.1. The highest BCUT2D eigenvalue weighted by atomic mass is 79.9. The van der Waals surface area contributed by atoms with Gasteiger partial charge in [-0.15, -0.1) is 0 Å². The first-order valence-corrected chi connectivity index (χ1v) is 16.3. The van der Waals surface area contributed by atoms with Gasteiger partial charge >= 0.3 is 0 Å². The van der Waals surface area contributed by atoms with Crippen LogP contribution in [0.4, 0.5) is 5.69 Å². The molecule has 4 aromatic carbocycles. The molecule has 2 amide bonds. The SMILES string of the molecule is CNC(=O)C(Cc1ccccc1)N(Cc1cccc(Br)c1)C(=O)CN(c1ccc2c(c1)OCCO2)S(=O)(=O)c1ccccc1. The van der Waals surface area contributed by atoms with E-state index in [-0.39, 0.29) is 29.5 Å². The van der Waals surface area contributed by atoms with Crippen molar-refractivity contribution in [3.8, 4) is 11.5 Å². The van der Waals surface area contributed by atoms with Crippen molar-refractivity contribution in [2.75, 3.05) is 31.1 Å². The van der Waals surface area contributed by atoms with Gasteiger partial charge in [0, 0.05) is 30.6 Å². The zero-order chi connectivity index (χ0) is 31.1. The molecule has 0 saturated heterocycles. The number of sulfonamides is 1. The van der Waals surface area contributed by atoms with Gasteiger partial charge in [0.2, 0.25) is 11.8 Å². The summed E-state index contributed by atoms with van der Waals surface area (Å²) in [6.07, 6.45) is 0.232. The standard InChI is InChI=1S/C33H32BrN3O6S/c1-35-33(39)29(20-24-9-4-2-5-10-24)36(22-25-11-8-12-26(34)19-25)32(38)23-37(44(40,41)28-13-6-3-7-14-28)27-15-16-30-31(21-27)43-18-17-42-30/h2-16,19,21,29H,17-18,20,22-23H2,1H3,(H,35,39). The number of nitrogens with one attached hydrogen (secondary N) is 1. The molecule has 0 aromatic heterocycles. The van der Waals surface area contributed by atoms with Gasteiger partial charge in [0.25, 0.3) is 10.0 Å². The molecule has 1 atom stereocenters. The fourth-order valence-electron chi connectivity index (χ4n) is 4.99. The van der Waals surface area contributed by atoms with Gasteiger partial charge in [-0.2, -0.15) is 0 Å². The zero-order valence-corrected chi connectivity index (χ0v) is 26.5. The van der Waals surface area contributed by atoms with Crippen molar-refractivity contribution in [1.82, 2.24) is 10.2 Å². The average Bonchev–Trinajstić information content (AvgIpc) is 3.05. The molecular formula is C33H32BrN3O6S. The van der Waals surface area contributed by atoms with E-state index in [9.17, 15) is 18.0 Å². The lowest BCUT2D eigenvalue weighted by Gasteiger charge is -2.34. The van der Waals surface area contributed by atoms with Gasteiger partial charge in [-0.05, 0) is 47.5 Å². The van der Waals surface area contributed by atoms with Crippen LogP contribution < -0.4 is 19.1 Å². The van der Waals surface area contributed by atoms with Crippen LogP contribution in [0.5, 0.6) is 11.5 Å². The molecule has 0 aliphatic carbocycles. The molecule has 1 aliphatic heterocycles. The van der Waals surface area contributed by atoms with E-state index < -0.39 is 28.5 Å². The van der Waals surface area contributed by atoms with Crippen LogP contribution >= 0.6 is 15.9 Å². The third-order valence-corrected chi connectivity index (χ3v) is 9.46. The fourth-order valence-corrected chi connectivity index (χ4v) is 6.86. The third kappa shape index (κ3) is 7.23. The van der Waals surface area contributed by atoms with E-state index in [2.05, 4.69) is 21.2 Å². The second kappa shape index (κ2) is 14.0. The Labute approximate surface area is 265 Å². The lowest BCUT2D eigenvalue weighted by Crippen LogP contribution is -2.53. The van der Waals surface area contributed by atoms with E-state index in [1.165, 1.54) is 24.1 Å². The van der Waals surface area contributed by atoms with Crippen molar-refractivity contribution >= 4 is 43.5 Å². The minimum absolute atomic E-state index is 0.0216. The number of carbonyl (C=O) groups is 2. The van der Waals surface area contributed by atoms with Crippen LogP contribution in [0.25, 0.3) is 0 Å². The number of amides is 2. The zero-order valence-electron chi connectivity index (χ0n) is 24.1. The molecule has 0 fully saturated rings. The molecule has 0 bridgehead atoms. The Morgan fingerprint density at radius 1 is 0.841 bits per heavy atom. The lowest BCUT2D eigenvalue weighted by atomic mass is 10.0. The molecular weight excluding hydrogens is 646 g/mol. The van der Waals surface area contributed by atoms with Gasteiger partial charge in [0.05, 0.1) is 10.6 Å². The molecule has 1 aliphatic rings. The summed E-state index contributed by atoms with van der Waals surface area (Å²) in [7, 11) is -2.70. The molecule has 0 radical (unpaired) electrons. The molecule has 9 nitrogen and oxygen atoms in total. The summed E-state index contributed by atoms with van der Waals surface area (Å²) in [5.74, 6) is -0.0483. The Morgan fingerprint density at radius 2 is 1.50 bits per heavy atom. The molecule has 11 heteroatoms. The Kier molecular flexibility index (Phi) is 9.86. The van der Waals surface area contributed by atoms with Gasteiger partial charge < -0.3 is 19.7 Å². The molecule has 228 valence electrons. The first-order valence-electron chi connectivity index (χ1n) is 14.0. The smallest absolute Gasteiger partial charge is 0.264 e. The van der Waals surface area contributed by atoms with Crippen molar-refractivity contribution in [1.29, 1.82) is 0 Å². The minimum atomic E-state index is -4.22. The molecule has 4 aromatic rings. The fraction of sp³-hybridized carbons (Fsp3) is 0.212. The van der Waals surface area contributed by atoms with Crippen LogP contribution in [0.1, 0.15) is 11.1 Å². The molecule has 1 unspecified atom stereocenters. The normalized spacial score (nSPS) is 13.0. The van der Waals surface area contributed by atoms with Crippen LogP contribution in [0, 0.1) is 0 Å². The molecule has 0 saturated carbocycles. The van der Waals surface area contributed by atoms with E-state index in [0.717, 1.165) is 19.9 Å². The highest BCUT2D eigenvalue weighted by Gasteiger charge is 2.34. The first-order chi connectivity index (χ1) is 21.3. The van der Waals surface area contributed by atoms with E-state index in [4.69, 9.17) is 9.47 Å². The number of fused-ring (bicyclic) bond motifs is 1. The van der Waals surface area contributed by atoms with Crippen LogP contribution in [0.2, 0.25) is 0 Å². The number of hydrogen-bond acceptors (Lipinski definition) is 6. The van der Waals surface area contributed by atoms with Crippen molar-refractivity contribution in [2.45, 2.75) is 23.9 Å². The number of anilines is 1. The minimum Gasteiger partial charge on any atom is -0.486 e. The van der Waals surface area contributed by atoms with Gasteiger partial charge in [-0.25, -0.2) is 8.42 Å². The summed E-state index contributed by atoms with van der Waals surface area (Å²) in [4.78, 5) is 29.2. The Bertz CT molecular complexity index is 1720. The highest BCUT2D eigenvalue weighted by Crippen LogP contribution is 2.36. The van der Waals surface area contributed by atoms with Crippen molar-refractivity contribution in [3.05, 3.63) is 119 Å². The molecule has 1 N–H and O–H groups in total. The van der Waals surface area contributed by atoms with Gasteiger partial charge in [-0.3, -0.25) is 13.9 Å². The van der Waals surface area contributed by atoms with Gasteiger partial charge in [0.1, 0.15) is 25.8 Å². The Hall–Kier alpha value is -4.35. The van der Waals surface area contributed by atoms with Crippen molar-refractivity contribution in [3.63, 3.8) is 0 Å². The van der Waals surface area contributed by atoms with Crippen molar-refractivity contribution in [2.24, 2.45) is 0 Å². The Morgan fingerprint density at radius 3 is 2.18 bits per heavy atom. The molecule has 5 rings (SSSR count). The number of ether oxygens (including phenoxy) is 2. The van der Waals surface area contributed by atoms with Gasteiger partial charge in [-0.1, -0.05) is 76.6 Å². The number of likely N-dealkylation sites (N-methyl/N-ethyl adjacent to an activating group) is 1. The number of nitrogens with zero attached hydrogens (tertiary/aromatic N) is 2. The third-order valence-electron chi connectivity index (χ3n) is 7.18. The molecule has 44 heavy (non-hydrogen) atoms. The first kappa shape index (κ1) is 31.1. The summed E-state index contributed by atoms with van der Waals surface area (Å²) >= 11 is 3.48. The number of hydrogen-bond donors (Lipinski definition) is 1. The maximum absolute atomic E-state index is 14.4. The van der Waals surface area contributed by atoms with Crippen LogP contribution in [-0.2, 0) is 32.6 Å². The quantitative estimate of drug-likeness (QED) is 0.245. The van der Waals surface area contributed by atoms with Crippen molar-refractivity contribution < 1.29 is 27.5 Å². The Balaban J connectivity index is 1.57. The monoisotopic (exact) mass is 677 g/mol. The summed E-state index contributed by atoms with van der Waals surface area (Å²) in [5.41, 5.74) is 1.86. The molecule has 1 heterocycles. The predicted molar refractivity (Wildman–Crippen MR) is 171 cm³/mol. The summed E-state index contributed by atoms with van der Waals surface area (Å²) in [5, 5.41) is 2.69. The van der Waals surface area contributed by atoms with Crippen LogP contribution in [0.15, 0.2) is 112 Å². The number of benzene rings is 4.